The monoisotopic (exact) mass is 341 g/mol. The summed E-state index contributed by atoms with van der Waals surface area (Å²) in [5, 5.41) is 12.3. The van der Waals surface area contributed by atoms with Crippen LogP contribution in [0.3, 0.4) is 0 Å². The summed E-state index contributed by atoms with van der Waals surface area (Å²) in [6, 6.07) is 7.15. The molecule has 0 saturated carbocycles. The first kappa shape index (κ1) is 15.4. The van der Waals surface area contributed by atoms with Crippen LogP contribution in [-0.4, -0.2) is 28.9 Å². The minimum absolute atomic E-state index is 0.113. The Morgan fingerprint density at radius 1 is 1.21 bits per heavy atom. The smallest absolute Gasteiger partial charge is 0.232 e. The molecule has 2 aliphatic heterocycles. The van der Waals surface area contributed by atoms with Crippen molar-refractivity contribution in [2.75, 3.05) is 13.1 Å². The van der Waals surface area contributed by atoms with E-state index in [-0.39, 0.29) is 11.5 Å². The number of aromatic hydroxyl groups is 1. The summed E-state index contributed by atoms with van der Waals surface area (Å²) in [5.74, 6) is 0.939. The summed E-state index contributed by atoms with van der Waals surface area (Å²) < 4.78 is 5.88. The van der Waals surface area contributed by atoms with Crippen molar-refractivity contribution in [3.8, 4) is 11.5 Å². The van der Waals surface area contributed by atoms with Gasteiger partial charge in [-0.25, -0.2) is 0 Å². The fourth-order valence-corrected chi connectivity index (χ4v) is 3.94. The van der Waals surface area contributed by atoms with E-state index in [4.69, 9.17) is 4.74 Å². The molecule has 0 aliphatic carbocycles. The Morgan fingerprint density at radius 3 is 2.79 bits per heavy atom. The van der Waals surface area contributed by atoms with Gasteiger partial charge in [-0.2, -0.15) is 0 Å². The van der Waals surface area contributed by atoms with Crippen molar-refractivity contribution in [1.29, 1.82) is 0 Å². The summed E-state index contributed by atoms with van der Waals surface area (Å²) in [6.07, 6.45) is 5.39. The Labute approximate surface area is 145 Å². The maximum absolute atomic E-state index is 12.6. The zero-order valence-corrected chi connectivity index (χ0v) is 14.1. The lowest BCUT2D eigenvalue weighted by Gasteiger charge is -2.27. The summed E-state index contributed by atoms with van der Waals surface area (Å²) in [6.45, 7) is 2.67. The number of carbonyl (C=O) groups is 1. The standard InChI is InChI=1S/C19H19NO3S/c21-16-7-6-14-18(22)17(11-13-5-4-10-24-13)23-19(14)15(16)12-20-8-2-1-3-9-20/h4-7,10-11,21H,1-3,8-9,12H2. The van der Waals surface area contributed by atoms with Gasteiger partial charge in [0.2, 0.25) is 5.78 Å². The topological polar surface area (TPSA) is 49.8 Å². The van der Waals surface area contributed by atoms with Crippen molar-refractivity contribution in [3.63, 3.8) is 0 Å². The molecule has 2 aliphatic rings. The average molecular weight is 341 g/mol. The Morgan fingerprint density at radius 2 is 2.04 bits per heavy atom. The van der Waals surface area contributed by atoms with Gasteiger partial charge in [0.25, 0.3) is 0 Å². The lowest BCUT2D eigenvalue weighted by atomic mass is 10.0. The summed E-state index contributed by atoms with van der Waals surface area (Å²) in [5.41, 5.74) is 1.26. The Balaban J connectivity index is 1.66. The lowest BCUT2D eigenvalue weighted by Crippen LogP contribution is -2.29. The number of carbonyl (C=O) groups excluding carboxylic acids is 1. The summed E-state index contributed by atoms with van der Waals surface area (Å²) in [7, 11) is 0. The van der Waals surface area contributed by atoms with E-state index >= 15 is 0 Å². The molecule has 124 valence electrons. The second-order valence-electron chi connectivity index (χ2n) is 6.23. The molecule has 4 nitrogen and oxygen atoms in total. The number of allylic oxidation sites excluding steroid dienone is 1. The molecule has 0 amide bonds. The third kappa shape index (κ3) is 2.85. The molecule has 2 aromatic rings. The number of ether oxygens (including phenoxy) is 1. The normalized spacial score (nSPS) is 19.5. The van der Waals surface area contributed by atoms with E-state index in [0.29, 0.717) is 23.6 Å². The van der Waals surface area contributed by atoms with Gasteiger partial charge in [0.05, 0.1) is 11.1 Å². The molecule has 0 spiro atoms. The summed E-state index contributed by atoms with van der Waals surface area (Å²) in [4.78, 5) is 15.9. The predicted molar refractivity (Wildman–Crippen MR) is 94.5 cm³/mol. The van der Waals surface area contributed by atoms with Gasteiger partial charge >= 0.3 is 0 Å². The molecule has 1 fully saturated rings. The zero-order valence-electron chi connectivity index (χ0n) is 13.3. The van der Waals surface area contributed by atoms with Crippen molar-refractivity contribution in [1.82, 2.24) is 4.90 Å². The number of likely N-dealkylation sites (tertiary alicyclic amines) is 1. The van der Waals surface area contributed by atoms with Gasteiger partial charge in [0.1, 0.15) is 11.5 Å². The maximum Gasteiger partial charge on any atom is 0.232 e. The van der Waals surface area contributed by atoms with Crippen molar-refractivity contribution >= 4 is 23.2 Å². The van der Waals surface area contributed by atoms with Crippen LogP contribution in [0.5, 0.6) is 11.5 Å². The minimum Gasteiger partial charge on any atom is -0.507 e. The molecule has 1 aromatic carbocycles. The van der Waals surface area contributed by atoms with Crippen LogP contribution in [0.1, 0.15) is 40.1 Å². The Hall–Kier alpha value is -2.11. The van der Waals surface area contributed by atoms with Crippen LogP contribution < -0.4 is 4.74 Å². The summed E-state index contributed by atoms with van der Waals surface area (Å²) >= 11 is 1.56. The molecule has 1 saturated heterocycles. The van der Waals surface area contributed by atoms with E-state index in [1.807, 2.05) is 17.5 Å². The van der Waals surface area contributed by atoms with Gasteiger partial charge in [-0.3, -0.25) is 9.69 Å². The second kappa shape index (κ2) is 6.42. The van der Waals surface area contributed by atoms with E-state index in [9.17, 15) is 9.90 Å². The number of Topliss-reactive ketones (excluding diaryl/α,β-unsaturated/α-hetero) is 1. The van der Waals surface area contributed by atoms with Crippen LogP contribution in [0.4, 0.5) is 0 Å². The lowest BCUT2D eigenvalue weighted by molar-refractivity contribution is 0.101. The highest BCUT2D eigenvalue weighted by Gasteiger charge is 2.31. The first-order valence-electron chi connectivity index (χ1n) is 8.27. The number of hydrogen-bond acceptors (Lipinski definition) is 5. The molecule has 1 N–H and O–H groups in total. The highest BCUT2D eigenvalue weighted by Crippen LogP contribution is 2.40. The van der Waals surface area contributed by atoms with Crippen LogP contribution in [0, 0.1) is 0 Å². The third-order valence-corrected chi connectivity index (χ3v) is 5.38. The number of ketones is 1. The fourth-order valence-electron chi connectivity index (χ4n) is 3.29. The van der Waals surface area contributed by atoms with Gasteiger partial charge in [-0.1, -0.05) is 12.5 Å². The van der Waals surface area contributed by atoms with E-state index in [0.717, 1.165) is 23.5 Å². The molecular formula is C19H19NO3S. The first-order chi connectivity index (χ1) is 11.7. The maximum atomic E-state index is 12.6. The number of fused-ring (bicyclic) bond motifs is 1. The van der Waals surface area contributed by atoms with Gasteiger partial charge < -0.3 is 9.84 Å². The highest BCUT2D eigenvalue weighted by molar-refractivity contribution is 7.10. The largest absolute Gasteiger partial charge is 0.507 e. The molecule has 1 aromatic heterocycles. The second-order valence-corrected chi connectivity index (χ2v) is 7.21. The number of nitrogens with zero attached hydrogens (tertiary/aromatic N) is 1. The van der Waals surface area contributed by atoms with Gasteiger partial charge in [-0.15, -0.1) is 11.3 Å². The molecule has 0 radical (unpaired) electrons. The van der Waals surface area contributed by atoms with Gasteiger partial charge in [0.15, 0.2) is 5.76 Å². The molecule has 0 atom stereocenters. The van der Waals surface area contributed by atoms with Crippen molar-refractivity contribution < 1.29 is 14.6 Å². The zero-order chi connectivity index (χ0) is 16.5. The van der Waals surface area contributed by atoms with Crippen molar-refractivity contribution in [2.24, 2.45) is 0 Å². The van der Waals surface area contributed by atoms with Gasteiger partial charge in [-0.05, 0) is 49.5 Å². The van der Waals surface area contributed by atoms with Crippen LogP contribution in [0.2, 0.25) is 0 Å². The molecule has 4 rings (SSSR count). The van der Waals surface area contributed by atoms with Crippen molar-refractivity contribution in [2.45, 2.75) is 25.8 Å². The highest BCUT2D eigenvalue weighted by atomic mass is 32.1. The number of thiophene rings is 1. The molecule has 0 bridgehead atoms. The number of rotatable bonds is 3. The molecule has 3 heterocycles. The number of phenolic OH excluding ortho intramolecular Hbond substituents is 1. The number of piperidine rings is 1. The van der Waals surface area contributed by atoms with E-state index in [1.54, 1.807) is 29.5 Å². The average Bonchev–Trinajstić information content (AvgIpc) is 3.21. The number of hydrogen-bond donors (Lipinski definition) is 1. The fraction of sp³-hybridized carbons (Fsp3) is 0.316. The van der Waals surface area contributed by atoms with Gasteiger partial charge in [0, 0.05) is 17.5 Å². The van der Waals surface area contributed by atoms with Crippen LogP contribution >= 0.6 is 11.3 Å². The number of phenols is 1. The Kier molecular flexibility index (Phi) is 4.12. The molecule has 24 heavy (non-hydrogen) atoms. The van der Waals surface area contributed by atoms with Crippen LogP contribution in [0.25, 0.3) is 6.08 Å². The SMILES string of the molecule is O=C1C(=Cc2cccs2)Oc2c1ccc(O)c2CN1CCCCC1. The molecule has 5 heteroatoms. The molecule has 0 unspecified atom stereocenters. The van der Waals surface area contributed by atoms with E-state index in [1.165, 1.54) is 19.3 Å². The third-order valence-electron chi connectivity index (χ3n) is 4.56. The predicted octanol–water partition coefficient (Wildman–Crippen LogP) is 4.06. The van der Waals surface area contributed by atoms with Crippen LogP contribution in [-0.2, 0) is 6.54 Å². The van der Waals surface area contributed by atoms with Crippen LogP contribution in [0.15, 0.2) is 35.4 Å². The quantitative estimate of drug-likeness (QED) is 0.856. The number of benzene rings is 1. The van der Waals surface area contributed by atoms with E-state index in [2.05, 4.69) is 4.90 Å². The van der Waals surface area contributed by atoms with E-state index < -0.39 is 0 Å². The first-order valence-corrected chi connectivity index (χ1v) is 9.15. The Bertz CT molecular complexity index is 789. The van der Waals surface area contributed by atoms with Crippen molar-refractivity contribution in [3.05, 3.63) is 51.4 Å². The minimum atomic E-state index is -0.113. The molecular weight excluding hydrogens is 322 g/mol.